The van der Waals surface area contributed by atoms with Crippen LogP contribution in [0.2, 0.25) is 5.02 Å². The molecule has 3 nitrogen and oxygen atoms in total. The van der Waals surface area contributed by atoms with Gasteiger partial charge in [-0.15, -0.1) is 11.8 Å². The molecular formula is C11H12ClNO2S. The van der Waals surface area contributed by atoms with Crippen LogP contribution in [0.3, 0.4) is 0 Å². The van der Waals surface area contributed by atoms with Gasteiger partial charge in [0.2, 0.25) is 0 Å². The number of hydrogen-bond acceptors (Lipinski definition) is 3. The minimum absolute atomic E-state index is 0.129. The molecule has 2 unspecified atom stereocenters. The molecular weight excluding hydrogens is 246 g/mol. The summed E-state index contributed by atoms with van der Waals surface area (Å²) in [5, 5.41) is 12.4. The summed E-state index contributed by atoms with van der Waals surface area (Å²) < 4.78 is 0. The van der Waals surface area contributed by atoms with Crippen molar-refractivity contribution in [3.05, 3.63) is 22.7 Å². The van der Waals surface area contributed by atoms with Crippen LogP contribution in [0.4, 0.5) is 5.69 Å². The number of thioether (sulfide) groups is 1. The van der Waals surface area contributed by atoms with Gasteiger partial charge in [0.1, 0.15) is 5.25 Å². The molecule has 0 fully saturated rings. The smallest absolute Gasteiger partial charge is 0.319 e. The van der Waals surface area contributed by atoms with Gasteiger partial charge in [-0.3, -0.25) is 4.79 Å². The molecule has 0 saturated carbocycles. The van der Waals surface area contributed by atoms with Crippen LogP contribution in [-0.2, 0) is 4.79 Å². The fourth-order valence-electron chi connectivity index (χ4n) is 1.75. The van der Waals surface area contributed by atoms with Crippen LogP contribution in [0, 0.1) is 6.92 Å². The third-order valence-corrected chi connectivity index (χ3v) is 4.26. The third kappa shape index (κ3) is 1.99. The number of carbonyl (C=O) groups is 1. The van der Waals surface area contributed by atoms with Crippen LogP contribution in [-0.4, -0.2) is 22.4 Å². The van der Waals surface area contributed by atoms with Crippen LogP contribution in [0.25, 0.3) is 0 Å². The number of halogens is 1. The van der Waals surface area contributed by atoms with Crippen molar-refractivity contribution in [2.75, 3.05) is 5.32 Å². The molecule has 2 atom stereocenters. The number of rotatable bonds is 1. The summed E-state index contributed by atoms with van der Waals surface area (Å²) >= 11 is 7.47. The van der Waals surface area contributed by atoms with Crippen molar-refractivity contribution in [2.24, 2.45) is 0 Å². The van der Waals surface area contributed by atoms with Crippen LogP contribution >= 0.6 is 23.4 Å². The van der Waals surface area contributed by atoms with E-state index in [0.717, 1.165) is 16.1 Å². The number of carboxylic acids is 1. The zero-order chi connectivity index (χ0) is 11.9. The van der Waals surface area contributed by atoms with E-state index < -0.39 is 11.2 Å². The topological polar surface area (TPSA) is 49.3 Å². The number of fused-ring (bicyclic) bond motifs is 1. The molecule has 0 amide bonds. The highest BCUT2D eigenvalue weighted by molar-refractivity contribution is 8.01. The second-order valence-electron chi connectivity index (χ2n) is 3.93. The Morgan fingerprint density at radius 1 is 1.56 bits per heavy atom. The van der Waals surface area contributed by atoms with Crippen molar-refractivity contribution < 1.29 is 9.90 Å². The fraction of sp³-hybridized carbons (Fsp3) is 0.364. The van der Waals surface area contributed by atoms with E-state index in [2.05, 4.69) is 5.32 Å². The molecule has 0 aromatic heterocycles. The van der Waals surface area contributed by atoms with E-state index in [1.54, 1.807) is 0 Å². The van der Waals surface area contributed by atoms with Gasteiger partial charge in [-0.25, -0.2) is 0 Å². The van der Waals surface area contributed by atoms with Gasteiger partial charge >= 0.3 is 5.97 Å². The van der Waals surface area contributed by atoms with Crippen molar-refractivity contribution in [3.8, 4) is 0 Å². The molecule has 0 radical (unpaired) electrons. The molecule has 0 aliphatic carbocycles. The molecule has 1 aromatic carbocycles. The number of hydrogen-bond donors (Lipinski definition) is 2. The average Bonchev–Trinajstić information content (AvgIpc) is 2.18. The Morgan fingerprint density at radius 3 is 2.88 bits per heavy atom. The Balaban J connectivity index is 2.43. The number of nitrogens with one attached hydrogen (secondary N) is 1. The zero-order valence-electron chi connectivity index (χ0n) is 8.95. The van der Waals surface area contributed by atoms with Gasteiger partial charge in [-0.05, 0) is 31.5 Å². The first-order valence-electron chi connectivity index (χ1n) is 4.95. The first kappa shape index (κ1) is 11.6. The van der Waals surface area contributed by atoms with Gasteiger partial charge in [0.15, 0.2) is 0 Å². The fourth-order valence-corrected chi connectivity index (χ4v) is 3.32. The summed E-state index contributed by atoms with van der Waals surface area (Å²) in [6, 6.07) is 3.71. The maximum atomic E-state index is 11.1. The molecule has 0 spiro atoms. The van der Waals surface area contributed by atoms with Crippen molar-refractivity contribution in [1.82, 2.24) is 0 Å². The number of anilines is 1. The lowest BCUT2D eigenvalue weighted by Crippen LogP contribution is -2.37. The quantitative estimate of drug-likeness (QED) is 0.812. The van der Waals surface area contributed by atoms with E-state index in [0.29, 0.717) is 5.02 Å². The Hall–Kier alpha value is -0.870. The van der Waals surface area contributed by atoms with Crippen LogP contribution in [0.5, 0.6) is 0 Å². The maximum Gasteiger partial charge on any atom is 0.319 e. The molecule has 2 N–H and O–H groups in total. The Labute approximate surface area is 103 Å². The van der Waals surface area contributed by atoms with E-state index in [1.807, 2.05) is 26.0 Å². The minimum atomic E-state index is -0.798. The highest BCUT2D eigenvalue weighted by Crippen LogP contribution is 2.42. The lowest BCUT2D eigenvalue weighted by atomic mass is 10.1. The van der Waals surface area contributed by atoms with Crippen LogP contribution in [0.15, 0.2) is 17.0 Å². The number of benzene rings is 1. The Morgan fingerprint density at radius 2 is 2.25 bits per heavy atom. The maximum absolute atomic E-state index is 11.1. The van der Waals surface area contributed by atoms with Gasteiger partial charge in [-0.1, -0.05) is 11.6 Å². The Bertz CT molecular complexity index is 450. The lowest BCUT2D eigenvalue weighted by molar-refractivity contribution is -0.136. The van der Waals surface area contributed by atoms with Gasteiger partial charge in [0, 0.05) is 10.9 Å². The molecule has 1 aromatic rings. The monoisotopic (exact) mass is 257 g/mol. The largest absolute Gasteiger partial charge is 0.480 e. The van der Waals surface area contributed by atoms with E-state index >= 15 is 0 Å². The molecule has 1 aliphatic rings. The molecule has 0 bridgehead atoms. The summed E-state index contributed by atoms with van der Waals surface area (Å²) in [6.45, 7) is 3.80. The molecule has 0 saturated heterocycles. The standard InChI is InChI=1S/C11H12ClNO2S/c1-5-3-7(12)9-8(4-5)16-10(11(14)15)6(2)13-9/h3-4,6,10,13H,1-2H3,(H,14,15). The van der Waals surface area contributed by atoms with Crippen molar-refractivity contribution in [3.63, 3.8) is 0 Å². The molecule has 5 heteroatoms. The van der Waals surface area contributed by atoms with E-state index in [-0.39, 0.29) is 6.04 Å². The second kappa shape index (κ2) is 4.18. The highest BCUT2D eigenvalue weighted by Gasteiger charge is 2.32. The molecule has 1 aliphatic heterocycles. The Kier molecular flexibility index (Phi) is 3.04. The molecule has 1 heterocycles. The summed E-state index contributed by atoms with van der Waals surface area (Å²) in [7, 11) is 0. The van der Waals surface area contributed by atoms with E-state index in [1.165, 1.54) is 11.8 Å². The minimum Gasteiger partial charge on any atom is -0.480 e. The zero-order valence-corrected chi connectivity index (χ0v) is 10.5. The lowest BCUT2D eigenvalue weighted by Gasteiger charge is -2.30. The van der Waals surface area contributed by atoms with Crippen LogP contribution in [0.1, 0.15) is 12.5 Å². The van der Waals surface area contributed by atoms with Crippen molar-refractivity contribution in [1.29, 1.82) is 0 Å². The first-order valence-corrected chi connectivity index (χ1v) is 6.21. The predicted molar refractivity (Wildman–Crippen MR) is 66.6 cm³/mol. The molecule has 16 heavy (non-hydrogen) atoms. The number of carboxylic acid groups (broad SMARTS) is 1. The average molecular weight is 258 g/mol. The SMILES string of the molecule is Cc1cc(Cl)c2c(c1)SC(C(=O)O)C(C)N2. The van der Waals surface area contributed by atoms with E-state index in [9.17, 15) is 4.79 Å². The third-order valence-electron chi connectivity index (χ3n) is 2.52. The summed E-state index contributed by atoms with van der Waals surface area (Å²) in [5.74, 6) is -0.798. The second-order valence-corrected chi connectivity index (χ2v) is 5.52. The predicted octanol–water partition coefficient (Wildman–Crippen LogP) is 3.01. The first-order chi connectivity index (χ1) is 7.49. The van der Waals surface area contributed by atoms with Crippen molar-refractivity contribution >= 4 is 35.0 Å². The van der Waals surface area contributed by atoms with Gasteiger partial charge < -0.3 is 10.4 Å². The van der Waals surface area contributed by atoms with Crippen molar-refractivity contribution in [2.45, 2.75) is 30.0 Å². The highest BCUT2D eigenvalue weighted by atomic mass is 35.5. The van der Waals surface area contributed by atoms with Crippen LogP contribution < -0.4 is 5.32 Å². The van der Waals surface area contributed by atoms with Gasteiger partial charge in [-0.2, -0.15) is 0 Å². The number of aryl methyl sites for hydroxylation is 1. The number of aliphatic carboxylic acids is 1. The van der Waals surface area contributed by atoms with Gasteiger partial charge in [0.25, 0.3) is 0 Å². The molecule has 86 valence electrons. The molecule has 2 rings (SSSR count). The summed E-state index contributed by atoms with van der Waals surface area (Å²) in [4.78, 5) is 12.0. The van der Waals surface area contributed by atoms with Gasteiger partial charge in [0.05, 0.1) is 10.7 Å². The normalized spacial score (nSPS) is 23.4. The van der Waals surface area contributed by atoms with E-state index in [4.69, 9.17) is 16.7 Å². The summed E-state index contributed by atoms with van der Waals surface area (Å²) in [5.41, 5.74) is 1.89. The summed E-state index contributed by atoms with van der Waals surface area (Å²) in [6.07, 6.45) is 0.